The Morgan fingerprint density at radius 3 is 1.19 bits per heavy atom. The Morgan fingerprint density at radius 1 is 0.714 bits per heavy atom. The van der Waals surface area contributed by atoms with Crippen LogP contribution in [0, 0.1) is 5.41 Å². The number of rotatable bonds is 6. The van der Waals surface area contributed by atoms with Crippen LogP contribution in [-0.2, 0) is 19.1 Å². The van der Waals surface area contributed by atoms with E-state index in [0.29, 0.717) is 12.8 Å². The SMILES string of the molecule is CCCC(CCC)(C(=O)OC(C)(C)C)C(=O)OC(C)(C)C. The average Bonchev–Trinajstić information content (AvgIpc) is 2.23. The van der Waals surface area contributed by atoms with Gasteiger partial charge in [-0.1, -0.05) is 26.7 Å². The van der Waals surface area contributed by atoms with Crippen molar-refractivity contribution in [3.63, 3.8) is 0 Å². The maximum atomic E-state index is 12.7. The first-order chi connectivity index (χ1) is 9.38. The zero-order valence-electron chi connectivity index (χ0n) is 15.0. The van der Waals surface area contributed by atoms with Crippen molar-refractivity contribution >= 4 is 11.9 Å². The second-order valence-corrected chi connectivity index (χ2v) is 7.59. The van der Waals surface area contributed by atoms with Gasteiger partial charge < -0.3 is 9.47 Å². The Balaban J connectivity index is 5.52. The number of esters is 2. The molecule has 0 aliphatic heterocycles. The molecule has 4 nitrogen and oxygen atoms in total. The summed E-state index contributed by atoms with van der Waals surface area (Å²) in [4.78, 5) is 25.3. The predicted molar refractivity (Wildman–Crippen MR) is 83.9 cm³/mol. The molecule has 0 aliphatic rings. The highest BCUT2D eigenvalue weighted by Gasteiger charge is 2.49. The highest BCUT2D eigenvalue weighted by molar-refractivity contribution is 6.00. The molecule has 0 radical (unpaired) electrons. The molecule has 0 N–H and O–H groups in total. The van der Waals surface area contributed by atoms with Crippen molar-refractivity contribution in [1.82, 2.24) is 0 Å². The molecule has 0 heterocycles. The molecular formula is C17H32O4. The van der Waals surface area contributed by atoms with Crippen LogP contribution in [0.2, 0.25) is 0 Å². The summed E-state index contributed by atoms with van der Waals surface area (Å²) in [5.41, 5.74) is -2.43. The lowest BCUT2D eigenvalue weighted by atomic mass is 9.79. The van der Waals surface area contributed by atoms with Crippen LogP contribution in [0.3, 0.4) is 0 Å². The van der Waals surface area contributed by atoms with Gasteiger partial charge in [0.1, 0.15) is 11.2 Å². The lowest BCUT2D eigenvalue weighted by Gasteiger charge is -2.34. The van der Waals surface area contributed by atoms with Gasteiger partial charge in [-0.3, -0.25) is 9.59 Å². The normalized spacial score (nSPS) is 13.0. The molecule has 0 rings (SSSR count). The fraction of sp³-hybridized carbons (Fsp3) is 0.882. The lowest BCUT2D eigenvalue weighted by Crippen LogP contribution is -2.46. The van der Waals surface area contributed by atoms with Crippen molar-refractivity contribution in [2.24, 2.45) is 5.41 Å². The first kappa shape index (κ1) is 19.9. The van der Waals surface area contributed by atoms with Crippen molar-refractivity contribution in [3.05, 3.63) is 0 Å². The number of hydrogen-bond acceptors (Lipinski definition) is 4. The molecule has 0 aromatic rings. The summed E-state index contributed by atoms with van der Waals surface area (Å²) < 4.78 is 11.0. The maximum Gasteiger partial charge on any atom is 0.324 e. The molecular weight excluding hydrogens is 268 g/mol. The molecule has 0 unspecified atom stereocenters. The molecule has 0 fully saturated rings. The van der Waals surface area contributed by atoms with E-state index in [9.17, 15) is 9.59 Å². The molecule has 124 valence electrons. The van der Waals surface area contributed by atoms with E-state index in [0.717, 1.165) is 12.8 Å². The van der Waals surface area contributed by atoms with E-state index < -0.39 is 28.6 Å². The molecule has 0 saturated heterocycles. The van der Waals surface area contributed by atoms with Gasteiger partial charge in [-0.2, -0.15) is 0 Å². The van der Waals surface area contributed by atoms with Crippen LogP contribution in [0.5, 0.6) is 0 Å². The molecule has 0 saturated carbocycles. The second-order valence-electron chi connectivity index (χ2n) is 7.59. The summed E-state index contributed by atoms with van der Waals surface area (Å²) >= 11 is 0. The smallest absolute Gasteiger partial charge is 0.324 e. The van der Waals surface area contributed by atoms with Gasteiger partial charge in [-0.15, -0.1) is 0 Å². The summed E-state index contributed by atoms with van der Waals surface area (Å²) in [7, 11) is 0. The fourth-order valence-corrected chi connectivity index (χ4v) is 2.22. The van der Waals surface area contributed by atoms with Crippen LogP contribution in [0.4, 0.5) is 0 Å². The maximum absolute atomic E-state index is 12.7. The van der Waals surface area contributed by atoms with Crippen LogP contribution in [0.15, 0.2) is 0 Å². The molecule has 0 atom stereocenters. The minimum atomic E-state index is -1.19. The van der Waals surface area contributed by atoms with E-state index in [1.807, 2.05) is 55.4 Å². The summed E-state index contributed by atoms with van der Waals surface area (Å²) in [6.45, 7) is 14.8. The van der Waals surface area contributed by atoms with Crippen LogP contribution < -0.4 is 0 Å². The number of carbonyl (C=O) groups is 2. The largest absolute Gasteiger partial charge is 0.459 e. The van der Waals surface area contributed by atoms with Crippen molar-refractivity contribution in [2.75, 3.05) is 0 Å². The molecule has 0 aliphatic carbocycles. The number of ether oxygens (including phenoxy) is 2. The summed E-state index contributed by atoms with van der Waals surface area (Å²) in [6, 6.07) is 0. The van der Waals surface area contributed by atoms with E-state index in [-0.39, 0.29) is 0 Å². The fourth-order valence-electron chi connectivity index (χ4n) is 2.22. The van der Waals surface area contributed by atoms with Crippen molar-refractivity contribution < 1.29 is 19.1 Å². The van der Waals surface area contributed by atoms with E-state index in [1.54, 1.807) is 0 Å². The third-order valence-electron chi connectivity index (χ3n) is 2.93. The Bertz CT molecular complexity index is 322. The monoisotopic (exact) mass is 300 g/mol. The van der Waals surface area contributed by atoms with Crippen molar-refractivity contribution in [2.45, 2.75) is 92.3 Å². The number of carbonyl (C=O) groups excluding carboxylic acids is 2. The van der Waals surface area contributed by atoms with Crippen LogP contribution >= 0.6 is 0 Å². The highest BCUT2D eigenvalue weighted by Crippen LogP contribution is 2.36. The minimum absolute atomic E-state index is 0.449. The molecule has 0 spiro atoms. The topological polar surface area (TPSA) is 52.6 Å². The van der Waals surface area contributed by atoms with Gasteiger partial charge in [0.2, 0.25) is 0 Å². The molecule has 0 amide bonds. The minimum Gasteiger partial charge on any atom is -0.459 e. The second kappa shape index (κ2) is 7.28. The third kappa shape index (κ3) is 6.49. The van der Waals surface area contributed by atoms with Crippen LogP contribution in [-0.4, -0.2) is 23.1 Å². The van der Waals surface area contributed by atoms with Gasteiger partial charge in [0.15, 0.2) is 5.41 Å². The summed E-state index contributed by atoms with van der Waals surface area (Å²) in [6.07, 6.45) is 2.34. The van der Waals surface area contributed by atoms with Gasteiger partial charge in [0.25, 0.3) is 0 Å². The first-order valence-corrected chi connectivity index (χ1v) is 7.85. The van der Waals surface area contributed by atoms with Gasteiger partial charge in [-0.05, 0) is 54.4 Å². The summed E-state index contributed by atoms with van der Waals surface area (Å²) in [5, 5.41) is 0. The molecule has 0 aromatic carbocycles. The van der Waals surface area contributed by atoms with Gasteiger partial charge in [0, 0.05) is 0 Å². The standard InChI is InChI=1S/C17H32O4/c1-9-11-17(12-10-2,13(18)20-15(3,4)5)14(19)21-16(6,7)8/h9-12H2,1-8H3. The Hall–Kier alpha value is -1.06. The van der Waals surface area contributed by atoms with Crippen molar-refractivity contribution in [1.29, 1.82) is 0 Å². The molecule has 0 aromatic heterocycles. The van der Waals surface area contributed by atoms with Gasteiger partial charge in [-0.25, -0.2) is 0 Å². The zero-order valence-corrected chi connectivity index (χ0v) is 15.0. The Kier molecular flexibility index (Phi) is 6.91. The first-order valence-electron chi connectivity index (χ1n) is 7.85. The van der Waals surface area contributed by atoms with E-state index >= 15 is 0 Å². The Morgan fingerprint density at radius 2 is 1.00 bits per heavy atom. The number of hydrogen-bond donors (Lipinski definition) is 0. The lowest BCUT2D eigenvalue weighted by molar-refractivity contribution is -0.186. The quantitative estimate of drug-likeness (QED) is 0.543. The predicted octanol–water partition coefficient (Wildman–Crippen LogP) is 4.26. The van der Waals surface area contributed by atoms with Crippen LogP contribution in [0.1, 0.15) is 81.1 Å². The molecule has 21 heavy (non-hydrogen) atoms. The molecule has 0 bridgehead atoms. The Labute approximate surface area is 129 Å². The van der Waals surface area contributed by atoms with E-state index in [4.69, 9.17) is 9.47 Å². The van der Waals surface area contributed by atoms with Gasteiger partial charge in [0.05, 0.1) is 0 Å². The third-order valence-corrected chi connectivity index (χ3v) is 2.93. The van der Waals surface area contributed by atoms with Crippen LogP contribution in [0.25, 0.3) is 0 Å². The van der Waals surface area contributed by atoms with E-state index in [1.165, 1.54) is 0 Å². The van der Waals surface area contributed by atoms with Gasteiger partial charge >= 0.3 is 11.9 Å². The average molecular weight is 300 g/mol. The van der Waals surface area contributed by atoms with E-state index in [2.05, 4.69) is 0 Å². The summed E-state index contributed by atoms with van der Waals surface area (Å²) in [5.74, 6) is -0.930. The zero-order chi connectivity index (χ0) is 16.9. The molecule has 4 heteroatoms. The van der Waals surface area contributed by atoms with Crippen molar-refractivity contribution in [3.8, 4) is 0 Å². The highest BCUT2D eigenvalue weighted by atomic mass is 16.6.